The molecule has 0 aliphatic carbocycles. The molecule has 1 fully saturated rings. The monoisotopic (exact) mass is 380 g/mol. The number of halogens is 3. The second-order valence-electron chi connectivity index (χ2n) is 6.53. The number of carboxylic acids is 1. The summed E-state index contributed by atoms with van der Waals surface area (Å²) in [5, 5.41) is 12.6. The van der Waals surface area contributed by atoms with Crippen LogP contribution in [0.15, 0.2) is 30.7 Å². The number of rotatable bonds is 4. The van der Waals surface area contributed by atoms with Gasteiger partial charge in [-0.1, -0.05) is 0 Å². The molecule has 144 valence electrons. The zero-order chi connectivity index (χ0) is 19.6. The summed E-state index contributed by atoms with van der Waals surface area (Å²) in [5.74, 6) is -0.790. The molecule has 0 atom stereocenters. The van der Waals surface area contributed by atoms with Gasteiger partial charge in [-0.2, -0.15) is 18.3 Å². The Morgan fingerprint density at radius 1 is 1.22 bits per heavy atom. The normalized spacial score (nSPS) is 16.2. The van der Waals surface area contributed by atoms with E-state index < -0.39 is 17.8 Å². The van der Waals surface area contributed by atoms with E-state index in [0.717, 1.165) is 24.5 Å². The summed E-state index contributed by atoms with van der Waals surface area (Å²) >= 11 is 0. The van der Waals surface area contributed by atoms with Crippen LogP contribution in [0.25, 0.3) is 6.20 Å². The van der Waals surface area contributed by atoms with Crippen molar-refractivity contribution in [2.45, 2.75) is 31.9 Å². The van der Waals surface area contributed by atoms with Crippen molar-refractivity contribution in [2.24, 2.45) is 0 Å². The number of likely N-dealkylation sites (tertiary alicyclic amines) is 1. The summed E-state index contributed by atoms with van der Waals surface area (Å²) in [6.45, 7) is 3.00. The van der Waals surface area contributed by atoms with Crippen LogP contribution in [0.2, 0.25) is 0 Å². The lowest BCUT2D eigenvalue weighted by atomic mass is 9.90. The molecule has 0 saturated carbocycles. The zero-order valence-electron chi connectivity index (χ0n) is 14.6. The van der Waals surface area contributed by atoms with E-state index >= 15 is 0 Å². The first-order valence-electron chi connectivity index (χ1n) is 8.48. The highest BCUT2D eigenvalue weighted by atomic mass is 19.4. The van der Waals surface area contributed by atoms with Crippen LogP contribution in [0.3, 0.4) is 0 Å². The molecule has 2 aromatic rings. The standard InChI is InChI=1S/C18H19F3N4O2/c1-12-8-16(18(19,20)21)23-25(12)7-6-24-4-2-13(3-5-24)14-9-15(17(26)27)11-22-10-14/h6-11,13H,2-5H2,1H3,(H,26,27). The Bertz CT molecular complexity index is 853. The van der Waals surface area contributed by atoms with E-state index in [1.807, 2.05) is 4.90 Å². The average molecular weight is 380 g/mol. The van der Waals surface area contributed by atoms with Crippen molar-refractivity contribution in [3.8, 4) is 0 Å². The first-order chi connectivity index (χ1) is 12.7. The smallest absolute Gasteiger partial charge is 0.435 e. The molecule has 0 aromatic carbocycles. The van der Waals surface area contributed by atoms with E-state index in [1.165, 1.54) is 17.1 Å². The highest BCUT2D eigenvalue weighted by molar-refractivity contribution is 5.87. The van der Waals surface area contributed by atoms with Crippen molar-refractivity contribution in [1.29, 1.82) is 0 Å². The second kappa shape index (κ2) is 7.42. The minimum atomic E-state index is -4.46. The topological polar surface area (TPSA) is 71.2 Å². The van der Waals surface area contributed by atoms with Crippen LogP contribution in [-0.2, 0) is 6.18 Å². The number of pyridine rings is 1. The number of hydrogen-bond donors (Lipinski definition) is 1. The van der Waals surface area contributed by atoms with Gasteiger partial charge < -0.3 is 10.0 Å². The van der Waals surface area contributed by atoms with E-state index in [0.29, 0.717) is 18.8 Å². The fourth-order valence-electron chi connectivity index (χ4n) is 3.11. The third-order valence-corrected chi connectivity index (χ3v) is 4.64. The summed E-state index contributed by atoms with van der Waals surface area (Å²) < 4.78 is 39.3. The van der Waals surface area contributed by atoms with E-state index in [2.05, 4.69) is 10.1 Å². The van der Waals surface area contributed by atoms with E-state index in [4.69, 9.17) is 5.11 Å². The Morgan fingerprint density at radius 3 is 2.52 bits per heavy atom. The maximum absolute atomic E-state index is 12.7. The van der Waals surface area contributed by atoms with Crippen LogP contribution < -0.4 is 0 Å². The van der Waals surface area contributed by atoms with Gasteiger partial charge in [-0.05, 0) is 43.4 Å². The molecule has 3 heterocycles. The first-order valence-corrected chi connectivity index (χ1v) is 8.48. The van der Waals surface area contributed by atoms with Gasteiger partial charge in [-0.25, -0.2) is 9.48 Å². The molecule has 1 saturated heterocycles. The van der Waals surface area contributed by atoms with Crippen LogP contribution in [0, 0.1) is 6.92 Å². The molecule has 1 aliphatic heterocycles. The third kappa shape index (κ3) is 4.47. The first kappa shape index (κ1) is 18.9. The molecule has 2 aromatic heterocycles. The lowest BCUT2D eigenvalue weighted by Crippen LogP contribution is -2.28. The molecular weight excluding hydrogens is 361 g/mol. The molecule has 0 amide bonds. The van der Waals surface area contributed by atoms with Crippen molar-refractivity contribution >= 4 is 12.2 Å². The largest absolute Gasteiger partial charge is 0.478 e. The Hall–Kier alpha value is -2.84. The average Bonchev–Trinajstić information content (AvgIpc) is 3.02. The SMILES string of the molecule is Cc1cc(C(F)(F)F)nn1C=CN1CCC(c2cncc(C(=O)O)c2)CC1. The Labute approximate surface area is 153 Å². The molecule has 0 radical (unpaired) electrons. The van der Waals surface area contributed by atoms with Crippen molar-refractivity contribution in [3.05, 3.63) is 53.2 Å². The lowest BCUT2D eigenvalue weighted by molar-refractivity contribution is -0.141. The summed E-state index contributed by atoms with van der Waals surface area (Å²) in [6.07, 6.45) is 3.43. The summed E-state index contributed by atoms with van der Waals surface area (Å²) in [6, 6.07) is 2.66. The van der Waals surface area contributed by atoms with Crippen LogP contribution in [0.4, 0.5) is 13.2 Å². The molecule has 27 heavy (non-hydrogen) atoms. The number of aryl methyl sites for hydroxylation is 1. The number of aromatic nitrogens is 3. The van der Waals surface area contributed by atoms with Gasteiger partial charge in [-0.15, -0.1) is 0 Å². The van der Waals surface area contributed by atoms with Gasteiger partial charge in [-0.3, -0.25) is 4.98 Å². The predicted molar refractivity (Wildman–Crippen MR) is 92.0 cm³/mol. The van der Waals surface area contributed by atoms with E-state index in [1.54, 1.807) is 25.4 Å². The quantitative estimate of drug-likeness (QED) is 0.877. The summed E-state index contributed by atoms with van der Waals surface area (Å²) in [4.78, 5) is 17.1. The number of alkyl halides is 3. The second-order valence-corrected chi connectivity index (χ2v) is 6.53. The zero-order valence-corrected chi connectivity index (χ0v) is 14.6. The highest BCUT2D eigenvalue weighted by Gasteiger charge is 2.34. The Morgan fingerprint density at radius 2 is 1.93 bits per heavy atom. The Balaban J connectivity index is 1.61. The van der Waals surface area contributed by atoms with Gasteiger partial charge in [0.2, 0.25) is 0 Å². The molecule has 0 spiro atoms. The van der Waals surface area contributed by atoms with Gasteiger partial charge in [0.05, 0.1) is 5.56 Å². The minimum absolute atomic E-state index is 0.171. The fraction of sp³-hybridized carbons (Fsp3) is 0.389. The maximum Gasteiger partial charge on any atom is 0.435 e. The van der Waals surface area contributed by atoms with Crippen LogP contribution >= 0.6 is 0 Å². The molecule has 6 nitrogen and oxygen atoms in total. The summed E-state index contributed by atoms with van der Waals surface area (Å²) in [7, 11) is 0. The summed E-state index contributed by atoms with van der Waals surface area (Å²) in [5.41, 5.74) is 0.569. The number of aromatic carboxylic acids is 1. The maximum atomic E-state index is 12.7. The molecule has 1 N–H and O–H groups in total. The van der Waals surface area contributed by atoms with Gasteiger partial charge in [0.15, 0.2) is 5.69 Å². The predicted octanol–water partition coefficient (Wildman–Crippen LogP) is 3.61. The van der Waals surface area contributed by atoms with Gasteiger partial charge in [0.25, 0.3) is 0 Å². The van der Waals surface area contributed by atoms with Crippen LogP contribution in [0.5, 0.6) is 0 Å². The fourth-order valence-corrected chi connectivity index (χ4v) is 3.11. The minimum Gasteiger partial charge on any atom is -0.478 e. The van der Waals surface area contributed by atoms with E-state index in [-0.39, 0.29) is 11.5 Å². The van der Waals surface area contributed by atoms with Crippen molar-refractivity contribution in [3.63, 3.8) is 0 Å². The molecule has 0 unspecified atom stereocenters. The lowest BCUT2D eigenvalue weighted by Gasteiger charge is -2.31. The van der Waals surface area contributed by atoms with Crippen molar-refractivity contribution in [1.82, 2.24) is 19.7 Å². The Kier molecular flexibility index (Phi) is 5.20. The van der Waals surface area contributed by atoms with Gasteiger partial charge in [0.1, 0.15) is 0 Å². The number of hydrogen-bond acceptors (Lipinski definition) is 4. The number of piperidine rings is 1. The molecule has 0 bridgehead atoms. The van der Waals surface area contributed by atoms with Crippen molar-refractivity contribution < 1.29 is 23.1 Å². The van der Waals surface area contributed by atoms with Gasteiger partial charge >= 0.3 is 12.1 Å². The number of carbonyl (C=O) groups is 1. The molecular formula is C18H19F3N4O2. The van der Waals surface area contributed by atoms with Crippen molar-refractivity contribution in [2.75, 3.05) is 13.1 Å². The van der Waals surface area contributed by atoms with Crippen LogP contribution in [0.1, 0.15) is 46.1 Å². The molecule has 3 rings (SSSR count). The number of nitrogens with zero attached hydrogens (tertiary/aromatic N) is 4. The number of carboxylic acid groups (broad SMARTS) is 1. The highest BCUT2D eigenvalue weighted by Crippen LogP contribution is 2.29. The molecule has 1 aliphatic rings. The van der Waals surface area contributed by atoms with Gasteiger partial charge in [0, 0.05) is 43.6 Å². The van der Waals surface area contributed by atoms with E-state index in [9.17, 15) is 18.0 Å². The van der Waals surface area contributed by atoms with Crippen LogP contribution in [-0.4, -0.2) is 43.8 Å². The molecule has 9 heteroatoms. The third-order valence-electron chi connectivity index (χ3n) is 4.64.